The quantitative estimate of drug-likeness (QED) is 0.826. The Hall–Kier alpha value is -1.51. The summed E-state index contributed by atoms with van der Waals surface area (Å²) in [5.74, 6) is 0.0222. The number of hydrogen-bond acceptors (Lipinski definition) is 2. The van der Waals surface area contributed by atoms with Crippen LogP contribution in [0.15, 0.2) is 12.1 Å². The molecule has 0 amide bonds. The minimum absolute atomic E-state index is 0.130. The Morgan fingerprint density at radius 2 is 2.00 bits per heavy atom. The van der Waals surface area contributed by atoms with Crippen molar-refractivity contribution in [3.8, 4) is 5.75 Å². The average Bonchev–Trinajstić information content (AvgIpc) is 2.21. The van der Waals surface area contributed by atoms with E-state index in [0.717, 1.165) is 23.1 Å². The van der Waals surface area contributed by atoms with Crippen molar-refractivity contribution in [2.75, 3.05) is 0 Å². The zero-order chi connectivity index (χ0) is 13.0. The topological polar surface area (TPSA) is 57.5 Å². The van der Waals surface area contributed by atoms with Crippen molar-refractivity contribution < 1.29 is 15.0 Å². The number of rotatable bonds is 5. The largest absolute Gasteiger partial charge is 0.507 e. The minimum Gasteiger partial charge on any atom is -0.507 e. The molecule has 17 heavy (non-hydrogen) atoms. The van der Waals surface area contributed by atoms with E-state index in [1.807, 2.05) is 19.1 Å². The average molecular weight is 236 g/mol. The van der Waals surface area contributed by atoms with Gasteiger partial charge in [0, 0.05) is 6.42 Å². The van der Waals surface area contributed by atoms with Crippen molar-refractivity contribution >= 4 is 5.97 Å². The molecular formula is C14H20O3. The van der Waals surface area contributed by atoms with Crippen molar-refractivity contribution in [3.05, 3.63) is 28.8 Å². The van der Waals surface area contributed by atoms with Gasteiger partial charge in [0.05, 0.1) is 0 Å². The van der Waals surface area contributed by atoms with E-state index in [4.69, 9.17) is 5.11 Å². The number of phenols is 1. The molecule has 0 aromatic heterocycles. The van der Waals surface area contributed by atoms with Crippen molar-refractivity contribution in [1.29, 1.82) is 0 Å². The van der Waals surface area contributed by atoms with Gasteiger partial charge in [-0.2, -0.15) is 0 Å². The lowest BCUT2D eigenvalue weighted by Gasteiger charge is -2.12. The summed E-state index contributed by atoms with van der Waals surface area (Å²) in [6, 6.07) is 3.79. The number of aryl methyl sites for hydroxylation is 2. The van der Waals surface area contributed by atoms with Gasteiger partial charge in [-0.05, 0) is 42.4 Å². The van der Waals surface area contributed by atoms with Gasteiger partial charge in [0.1, 0.15) is 5.75 Å². The highest BCUT2D eigenvalue weighted by Gasteiger charge is 2.09. The fourth-order valence-electron chi connectivity index (χ4n) is 1.92. The van der Waals surface area contributed by atoms with Gasteiger partial charge in [0.2, 0.25) is 0 Å². The molecule has 0 unspecified atom stereocenters. The predicted octanol–water partition coefficient (Wildman–Crippen LogP) is 2.92. The van der Waals surface area contributed by atoms with Crippen molar-refractivity contribution in [2.24, 2.45) is 5.92 Å². The molecule has 1 aromatic carbocycles. The zero-order valence-corrected chi connectivity index (χ0v) is 10.7. The molecule has 3 nitrogen and oxygen atoms in total. The Morgan fingerprint density at radius 3 is 2.53 bits per heavy atom. The second-order valence-corrected chi connectivity index (χ2v) is 4.91. The fourth-order valence-corrected chi connectivity index (χ4v) is 1.92. The Balaban J connectivity index is 2.93. The van der Waals surface area contributed by atoms with Crippen LogP contribution in [0.4, 0.5) is 0 Å². The summed E-state index contributed by atoms with van der Waals surface area (Å²) in [6.45, 7) is 6.04. The molecule has 0 aliphatic heterocycles. The molecule has 0 atom stereocenters. The minimum atomic E-state index is -0.791. The third kappa shape index (κ3) is 4.10. The monoisotopic (exact) mass is 236 g/mol. The van der Waals surface area contributed by atoms with Crippen molar-refractivity contribution in [2.45, 2.75) is 40.0 Å². The van der Waals surface area contributed by atoms with Gasteiger partial charge >= 0.3 is 5.97 Å². The van der Waals surface area contributed by atoms with Gasteiger partial charge in [-0.15, -0.1) is 0 Å². The van der Waals surface area contributed by atoms with Crippen molar-refractivity contribution in [3.63, 3.8) is 0 Å². The first kappa shape index (κ1) is 13.6. The summed E-state index contributed by atoms with van der Waals surface area (Å²) in [7, 11) is 0. The molecule has 94 valence electrons. The van der Waals surface area contributed by atoms with Crippen LogP contribution in [-0.2, 0) is 17.6 Å². The van der Waals surface area contributed by atoms with E-state index in [9.17, 15) is 9.90 Å². The molecule has 0 heterocycles. The summed E-state index contributed by atoms with van der Waals surface area (Å²) < 4.78 is 0. The summed E-state index contributed by atoms with van der Waals surface area (Å²) in [5.41, 5.74) is 2.72. The van der Waals surface area contributed by atoms with Gasteiger partial charge in [0.15, 0.2) is 0 Å². The standard InChI is InChI=1S/C14H20O3/c1-9(2)6-12-8-11(4-5-13(15)16)7-10(3)14(12)17/h7-9,17H,4-6H2,1-3H3,(H,15,16). The maximum atomic E-state index is 10.5. The number of aromatic hydroxyl groups is 1. The van der Waals surface area contributed by atoms with Gasteiger partial charge in [-0.3, -0.25) is 4.79 Å². The summed E-state index contributed by atoms with van der Waals surface area (Å²) >= 11 is 0. The molecule has 3 heteroatoms. The van der Waals surface area contributed by atoms with Gasteiger partial charge in [0.25, 0.3) is 0 Å². The van der Waals surface area contributed by atoms with Gasteiger partial charge in [-0.25, -0.2) is 0 Å². The molecule has 0 saturated heterocycles. The second-order valence-electron chi connectivity index (χ2n) is 4.91. The normalized spacial score (nSPS) is 10.8. The Bertz CT molecular complexity index is 408. The Kier molecular flexibility index (Phi) is 4.55. The van der Waals surface area contributed by atoms with E-state index in [1.54, 1.807) is 0 Å². The van der Waals surface area contributed by atoms with Crippen LogP contribution in [0.5, 0.6) is 5.75 Å². The van der Waals surface area contributed by atoms with E-state index in [1.165, 1.54) is 0 Å². The maximum Gasteiger partial charge on any atom is 0.303 e. The molecular weight excluding hydrogens is 216 g/mol. The van der Waals surface area contributed by atoms with Gasteiger partial charge < -0.3 is 10.2 Å². The van der Waals surface area contributed by atoms with E-state index < -0.39 is 5.97 Å². The van der Waals surface area contributed by atoms with Crippen LogP contribution in [-0.4, -0.2) is 16.2 Å². The van der Waals surface area contributed by atoms with E-state index >= 15 is 0 Å². The molecule has 0 radical (unpaired) electrons. The van der Waals surface area contributed by atoms with Crippen LogP contribution in [0.3, 0.4) is 0 Å². The maximum absolute atomic E-state index is 10.5. The highest BCUT2D eigenvalue weighted by molar-refractivity contribution is 5.67. The molecule has 0 aliphatic rings. The molecule has 0 fully saturated rings. The number of aliphatic carboxylic acids is 1. The van der Waals surface area contributed by atoms with Gasteiger partial charge in [-0.1, -0.05) is 26.0 Å². The third-order valence-corrected chi connectivity index (χ3v) is 2.69. The van der Waals surface area contributed by atoms with Crippen molar-refractivity contribution in [1.82, 2.24) is 0 Å². The molecule has 0 bridgehead atoms. The second kappa shape index (κ2) is 5.71. The molecule has 0 saturated carbocycles. The lowest BCUT2D eigenvalue weighted by Crippen LogP contribution is -2.01. The van der Waals surface area contributed by atoms with E-state index in [-0.39, 0.29) is 6.42 Å². The van der Waals surface area contributed by atoms with Crippen LogP contribution in [0.25, 0.3) is 0 Å². The fraction of sp³-hybridized carbons (Fsp3) is 0.500. The van der Waals surface area contributed by atoms with Crippen LogP contribution in [0.1, 0.15) is 37.0 Å². The van der Waals surface area contributed by atoms with E-state index in [0.29, 0.717) is 18.1 Å². The SMILES string of the molecule is Cc1cc(CCC(=O)O)cc(CC(C)C)c1O. The molecule has 0 spiro atoms. The Morgan fingerprint density at radius 1 is 1.35 bits per heavy atom. The van der Waals surface area contributed by atoms with Crippen LogP contribution in [0, 0.1) is 12.8 Å². The first-order valence-corrected chi connectivity index (χ1v) is 5.93. The molecule has 1 aromatic rings. The summed E-state index contributed by atoms with van der Waals surface area (Å²) in [4.78, 5) is 10.5. The predicted molar refractivity (Wildman–Crippen MR) is 67.3 cm³/mol. The zero-order valence-electron chi connectivity index (χ0n) is 10.7. The lowest BCUT2D eigenvalue weighted by atomic mass is 9.96. The third-order valence-electron chi connectivity index (χ3n) is 2.69. The summed E-state index contributed by atoms with van der Waals surface area (Å²) in [6.07, 6.45) is 1.46. The molecule has 0 aliphatic carbocycles. The van der Waals surface area contributed by atoms with Crippen LogP contribution >= 0.6 is 0 Å². The molecule has 1 rings (SSSR count). The Labute approximate surface area is 102 Å². The number of hydrogen-bond donors (Lipinski definition) is 2. The van der Waals surface area contributed by atoms with Crippen LogP contribution < -0.4 is 0 Å². The lowest BCUT2D eigenvalue weighted by molar-refractivity contribution is -0.136. The number of carboxylic acids is 1. The number of benzene rings is 1. The van der Waals surface area contributed by atoms with E-state index in [2.05, 4.69) is 13.8 Å². The smallest absolute Gasteiger partial charge is 0.303 e. The summed E-state index contributed by atoms with van der Waals surface area (Å²) in [5, 5.41) is 18.6. The number of phenolic OH excluding ortho intramolecular Hbond substituents is 1. The van der Waals surface area contributed by atoms with Crippen LogP contribution in [0.2, 0.25) is 0 Å². The first-order valence-electron chi connectivity index (χ1n) is 5.93. The first-order chi connectivity index (χ1) is 7.90. The number of carboxylic acid groups (broad SMARTS) is 1. The molecule has 2 N–H and O–H groups in total. The highest BCUT2D eigenvalue weighted by Crippen LogP contribution is 2.26. The highest BCUT2D eigenvalue weighted by atomic mass is 16.4. The number of carbonyl (C=O) groups is 1.